The predicted molar refractivity (Wildman–Crippen MR) is 88.8 cm³/mol. The largest absolute Gasteiger partial charge is 0.343 e. The number of amides is 1. The molecule has 0 radical (unpaired) electrons. The second-order valence-corrected chi connectivity index (χ2v) is 7.24. The lowest BCUT2D eigenvalue weighted by atomic mass is 9.92. The molecule has 0 saturated carbocycles. The summed E-state index contributed by atoms with van der Waals surface area (Å²) in [6.07, 6.45) is 7.13. The van der Waals surface area contributed by atoms with E-state index in [1.165, 1.54) is 16.9 Å². The highest BCUT2D eigenvalue weighted by Gasteiger charge is 2.21. The van der Waals surface area contributed by atoms with Crippen LogP contribution in [-0.4, -0.2) is 33.9 Å². The van der Waals surface area contributed by atoms with Crippen molar-refractivity contribution >= 4 is 17.2 Å². The molecule has 3 rings (SSSR count). The number of aryl methyl sites for hydroxylation is 1. The first-order chi connectivity index (χ1) is 10.6. The molecule has 1 fully saturated rings. The van der Waals surface area contributed by atoms with Crippen molar-refractivity contribution in [2.45, 2.75) is 33.1 Å². The summed E-state index contributed by atoms with van der Waals surface area (Å²) < 4.78 is 0. The summed E-state index contributed by atoms with van der Waals surface area (Å²) in [6, 6.07) is 4.20. The molecule has 1 aliphatic heterocycles. The Labute approximate surface area is 135 Å². The van der Waals surface area contributed by atoms with Crippen LogP contribution in [0.25, 0.3) is 10.7 Å². The minimum absolute atomic E-state index is 0.192. The van der Waals surface area contributed by atoms with Gasteiger partial charge in [0.1, 0.15) is 5.01 Å². The van der Waals surface area contributed by atoms with E-state index in [0.29, 0.717) is 5.92 Å². The first kappa shape index (κ1) is 15.2. The fourth-order valence-electron chi connectivity index (χ4n) is 3.00. The van der Waals surface area contributed by atoms with Gasteiger partial charge in [-0.3, -0.25) is 9.78 Å². The van der Waals surface area contributed by atoms with E-state index in [-0.39, 0.29) is 5.91 Å². The van der Waals surface area contributed by atoms with Gasteiger partial charge in [0.2, 0.25) is 5.91 Å². The van der Waals surface area contributed by atoms with Crippen LogP contribution in [0.5, 0.6) is 0 Å². The van der Waals surface area contributed by atoms with Crippen LogP contribution in [0, 0.1) is 12.8 Å². The van der Waals surface area contributed by atoms with Crippen molar-refractivity contribution in [1.29, 1.82) is 0 Å². The molecule has 3 heterocycles. The van der Waals surface area contributed by atoms with Crippen LogP contribution >= 0.6 is 11.3 Å². The molecule has 2 aromatic rings. The topological polar surface area (TPSA) is 46.1 Å². The van der Waals surface area contributed by atoms with E-state index >= 15 is 0 Å². The van der Waals surface area contributed by atoms with E-state index in [9.17, 15) is 4.79 Å². The Balaban J connectivity index is 1.65. The second-order valence-electron chi connectivity index (χ2n) is 6.01. The van der Waals surface area contributed by atoms with Crippen molar-refractivity contribution < 1.29 is 4.79 Å². The summed E-state index contributed by atoms with van der Waals surface area (Å²) in [7, 11) is 0. The first-order valence-electron chi connectivity index (χ1n) is 7.75. The van der Waals surface area contributed by atoms with Crippen molar-refractivity contribution in [1.82, 2.24) is 14.9 Å². The Morgan fingerprint density at radius 2 is 2.23 bits per heavy atom. The molecule has 0 N–H and O–H groups in total. The molecule has 116 valence electrons. The fourth-order valence-corrected chi connectivity index (χ4v) is 3.74. The molecule has 0 aromatic carbocycles. The number of rotatable bonds is 3. The Hall–Kier alpha value is -1.75. The van der Waals surface area contributed by atoms with Gasteiger partial charge < -0.3 is 4.90 Å². The maximum atomic E-state index is 11.5. The molecular formula is C17H21N3OS. The lowest BCUT2D eigenvalue weighted by Gasteiger charge is -2.32. The van der Waals surface area contributed by atoms with Gasteiger partial charge in [-0.05, 0) is 43.7 Å². The van der Waals surface area contributed by atoms with Crippen LogP contribution < -0.4 is 0 Å². The highest BCUT2D eigenvalue weighted by molar-refractivity contribution is 7.14. The zero-order chi connectivity index (χ0) is 15.5. The standard InChI is InChI=1S/C17H21N3OS/c1-12-9-19-17(22-12)16-6-5-14(10-18-16)8-15-4-3-7-20(11-15)13(2)21/h5-6,9-10,15H,3-4,7-8,11H2,1-2H3/t15-/m1/s1. The monoisotopic (exact) mass is 315 g/mol. The van der Waals surface area contributed by atoms with E-state index in [1.807, 2.05) is 17.3 Å². The smallest absolute Gasteiger partial charge is 0.219 e. The van der Waals surface area contributed by atoms with E-state index in [2.05, 4.69) is 29.0 Å². The van der Waals surface area contributed by atoms with Gasteiger partial charge in [-0.2, -0.15) is 0 Å². The van der Waals surface area contributed by atoms with Crippen LogP contribution in [0.2, 0.25) is 0 Å². The molecule has 0 spiro atoms. The van der Waals surface area contributed by atoms with Crippen molar-refractivity contribution in [2.24, 2.45) is 5.92 Å². The second kappa shape index (κ2) is 6.57. The fraction of sp³-hybridized carbons (Fsp3) is 0.471. The van der Waals surface area contributed by atoms with Crippen molar-refractivity contribution in [3.8, 4) is 10.7 Å². The third-order valence-electron chi connectivity index (χ3n) is 4.15. The normalized spacial score (nSPS) is 18.5. The van der Waals surface area contributed by atoms with Crippen LogP contribution in [0.1, 0.15) is 30.2 Å². The van der Waals surface area contributed by atoms with Gasteiger partial charge in [-0.25, -0.2) is 4.98 Å². The van der Waals surface area contributed by atoms with Gasteiger partial charge in [-0.1, -0.05) is 6.07 Å². The number of carbonyl (C=O) groups excluding carboxylic acids is 1. The highest BCUT2D eigenvalue weighted by atomic mass is 32.1. The predicted octanol–water partition coefficient (Wildman–Crippen LogP) is 3.31. The molecular weight excluding hydrogens is 294 g/mol. The van der Waals surface area contributed by atoms with E-state index in [4.69, 9.17) is 0 Å². The first-order valence-corrected chi connectivity index (χ1v) is 8.56. The van der Waals surface area contributed by atoms with Crippen LogP contribution in [0.4, 0.5) is 0 Å². The Kier molecular flexibility index (Phi) is 4.52. The van der Waals surface area contributed by atoms with Gasteiger partial charge in [0.15, 0.2) is 0 Å². The minimum atomic E-state index is 0.192. The summed E-state index contributed by atoms with van der Waals surface area (Å²) in [5.41, 5.74) is 2.18. The Bertz CT molecular complexity index is 650. The number of hydrogen-bond acceptors (Lipinski definition) is 4. The summed E-state index contributed by atoms with van der Waals surface area (Å²) in [4.78, 5) is 23.6. The SMILES string of the molecule is CC(=O)N1CCC[C@H](Cc2ccc(-c3ncc(C)s3)nc2)C1. The van der Waals surface area contributed by atoms with E-state index in [0.717, 1.165) is 36.6 Å². The molecule has 0 aliphatic carbocycles. The zero-order valence-electron chi connectivity index (χ0n) is 13.1. The molecule has 22 heavy (non-hydrogen) atoms. The maximum absolute atomic E-state index is 11.5. The van der Waals surface area contributed by atoms with Crippen LogP contribution in [0.15, 0.2) is 24.5 Å². The molecule has 5 heteroatoms. The number of aromatic nitrogens is 2. The molecule has 0 bridgehead atoms. The summed E-state index contributed by atoms with van der Waals surface area (Å²) in [5, 5.41) is 0.976. The summed E-state index contributed by atoms with van der Waals surface area (Å²) >= 11 is 1.67. The lowest BCUT2D eigenvalue weighted by Crippen LogP contribution is -2.39. The van der Waals surface area contributed by atoms with Gasteiger partial charge in [0, 0.05) is 37.3 Å². The van der Waals surface area contributed by atoms with Crippen molar-refractivity contribution in [3.63, 3.8) is 0 Å². The number of hydrogen-bond donors (Lipinski definition) is 0. The van der Waals surface area contributed by atoms with Crippen LogP contribution in [0.3, 0.4) is 0 Å². The third kappa shape index (κ3) is 3.53. The average molecular weight is 315 g/mol. The zero-order valence-corrected chi connectivity index (χ0v) is 13.9. The minimum Gasteiger partial charge on any atom is -0.343 e. The molecule has 1 amide bonds. The van der Waals surface area contributed by atoms with Gasteiger partial charge in [-0.15, -0.1) is 11.3 Å². The third-order valence-corrected chi connectivity index (χ3v) is 5.09. The van der Waals surface area contributed by atoms with Gasteiger partial charge >= 0.3 is 0 Å². The Morgan fingerprint density at radius 3 is 2.86 bits per heavy atom. The van der Waals surface area contributed by atoms with Gasteiger partial charge in [0.25, 0.3) is 0 Å². The molecule has 4 nitrogen and oxygen atoms in total. The van der Waals surface area contributed by atoms with Crippen LogP contribution in [-0.2, 0) is 11.2 Å². The number of piperidine rings is 1. The Morgan fingerprint density at radius 1 is 1.36 bits per heavy atom. The molecule has 2 aromatic heterocycles. The number of thiazole rings is 1. The quantitative estimate of drug-likeness (QED) is 0.873. The number of nitrogens with zero attached hydrogens (tertiary/aromatic N) is 3. The highest BCUT2D eigenvalue weighted by Crippen LogP contribution is 2.24. The molecule has 1 saturated heterocycles. The van der Waals surface area contributed by atoms with Crippen molar-refractivity contribution in [2.75, 3.05) is 13.1 Å². The molecule has 0 unspecified atom stereocenters. The molecule has 1 aliphatic rings. The van der Waals surface area contributed by atoms with Gasteiger partial charge in [0.05, 0.1) is 5.69 Å². The number of likely N-dealkylation sites (tertiary alicyclic amines) is 1. The van der Waals surface area contributed by atoms with E-state index < -0.39 is 0 Å². The maximum Gasteiger partial charge on any atom is 0.219 e. The van der Waals surface area contributed by atoms with E-state index in [1.54, 1.807) is 18.3 Å². The number of pyridine rings is 1. The molecule has 1 atom stereocenters. The lowest BCUT2D eigenvalue weighted by molar-refractivity contribution is -0.130. The number of carbonyl (C=O) groups is 1. The summed E-state index contributed by atoms with van der Waals surface area (Å²) in [6.45, 7) is 5.50. The summed E-state index contributed by atoms with van der Waals surface area (Å²) in [5.74, 6) is 0.740. The van der Waals surface area contributed by atoms with Crippen molar-refractivity contribution in [3.05, 3.63) is 35.0 Å². The average Bonchev–Trinajstić information content (AvgIpc) is 2.95.